The van der Waals surface area contributed by atoms with Gasteiger partial charge in [0.05, 0.1) is 50.3 Å². The topological polar surface area (TPSA) is 102 Å². The molecule has 2 amide bonds. The van der Waals surface area contributed by atoms with Crippen LogP contribution in [0.5, 0.6) is 17.2 Å². The van der Waals surface area contributed by atoms with Crippen LogP contribution in [-0.4, -0.2) is 85.2 Å². The van der Waals surface area contributed by atoms with Crippen LogP contribution in [0.4, 0.5) is 0 Å². The average molecular weight is 559 g/mol. The molecule has 0 aliphatic carbocycles. The summed E-state index contributed by atoms with van der Waals surface area (Å²) in [6, 6.07) is 15.4. The van der Waals surface area contributed by atoms with E-state index >= 15 is 0 Å². The van der Waals surface area contributed by atoms with Gasteiger partial charge in [-0.2, -0.15) is 0 Å². The van der Waals surface area contributed by atoms with Crippen LogP contribution in [0.25, 0.3) is 0 Å². The number of ether oxygens (including phenoxy) is 4. The number of hydrogen-bond donors (Lipinski definition) is 1. The predicted molar refractivity (Wildman–Crippen MR) is 150 cm³/mol. The summed E-state index contributed by atoms with van der Waals surface area (Å²) in [4.78, 5) is 34.7. The number of likely N-dealkylation sites (tertiary alicyclic amines) is 1. The first-order valence-corrected chi connectivity index (χ1v) is 13.9. The molecular weight excluding hydrogens is 524 g/mol. The number of pyridine rings is 1. The molecule has 2 aromatic carbocycles. The van der Waals surface area contributed by atoms with Gasteiger partial charge in [-0.1, -0.05) is 24.3 Å². The fourth-order valence-corrected chi connectivity index (χ4v) is 5.58. The molecule has 10 heteroatoms. The van der Waals surface area contributed by atoms with E-state index in [2.05, 4.69) is 27.3 Å². The maximum Gasteiger partial charge on any atom is 0.256 e. The molecule has 3 aliphatic heterocycles. The molecule has 1 saturated heterocycles. The van der Waals surface area contributed by atoms with Crippen molar-refractivity contribution in [3.05, 3.63) is 83.2 Å². The lowest BCUT2D eigenvalue weighted by Gasteiger charge is -2.25. The first-order valence-electron chi connectivity index (χ1n) is 13.9. The molecule has 6 rings (SSSR count). The van der Waals surface area contributed by atoms with E-state index in [4.69, 9.17) is 18.9 Å². The lowest BCUT2D eigenvalue weighted by Crippen LogP contribution is -2.49. The first kappa shape index (κ1) is 27.2. The van der Waals surface area contributed by atoms with Crippen LogP contribution in [0.2, 0.25) is 0 Å². The average Bonchev–Trinajstić information content (AvgIpc) is 3.59. The van der Waals surface area contributed by atoms with Crippen molar-refractivity contribution in [2.24, 2.45) is 0 Å². The summed E-state index contributed by atoms with van der Waals surface area (Å²) >= 11 is 0. The third-order valence-corrected chi connectivity index (χ3v) is 7.59. The molecule has 1 fully saturated rings. The molecule has 3 aliphatic rings. The Balaban J connectivity index is 1.25. The van der Waals surface area contributed by atoms with Gasteiger partial charge in [0.1, 0.15) is 17.2 Å². The van der Waals surface area contributed by atoms with Crippen molar-refractivity contribution >= 4 is 11.8 Å². The lowest BCUT2D eigenvalue weighted by molar-refractivity contribution is -0.123. The second-order valence-electron chi connectivity index (χ2n) is 10.6. The van der Waals surface area contributed by atoms with Gasteiger partial charge >= 0.3 is 0 Å². The molecule has 10 nitrogen and oxygen atoms in total. The SMILES string of the molecule is COCCN1CC(=O)N[C@H]2CN(Cc3ccc4c(c3)CCO4)C[C@@H]2OCc2cccc(c2)Oc2cncc(c2)C1=O. The van der Waals surface area contributed by atoms with E-state index in [0.717, 1.165) is 30.9 Å². The Labute approximate surface area is 239 Å². The molecule has 0 unspecified atom stereocenters. The Morgan fingerprint density at radius 1 is 1.07 bits per heavy atom. The summed E-state index contributed by atoms with van der Waals surface area (Å²) in [6.45, 7) is 3.57. The van der Waals surface area contributed by atoms with Crippen molar-refractivity contribution in [1.29, 1.82) is 0 Å². The van der Waals surface area contributed by atoms with Crippen molar-refractivity contribution in [2.45, 2.75) is 31.7 Å². The number of carbonyl (C=O) groups excluding carboxylic acids is 2. The predicted octanol–water partition coefficient (Wildman–Crippen LogP) is 2.80. The van der Waals surface area contributed by atoms with Gasteiger partial charge < -0.3 is 29.2 Å². The van der Waals surface area contributed by atoms with E-state index < -0.39 is 0 Å². The van der Waals surface area contributed by atoms with Crippen molar-refractivity contribution in [3.8, 4) is 17.2 Å². The molecule has 4 heterocycles. The zero-order chi connectivity index (χ0) is 28.2. The van der Waals surface area contributed by atoms with Crippen LogP contribution in [-0.2, 0) is 33.8 Å². The minimum atomic E-state index is -0.322. The number of aromatic nitrogens is 1. The van der Waals surface area contributed by atoms with Gasteiger partial charge in [-0.25, -0.2) is 0 Å². The Kier molecular flexibility index (Phi) is 8.13. The Hall–Kier alpha value is -3.99. The minimum absolute atomic E-state index is 0.111. The Morgan fingerprint density at radius 2 is 2.00 bits per heavy atom. The van der Waals surface area contributed by atoms with E-state index in [1.54, 1.807) is 19.4 Å². The summed E-state index contributed by atoms with van der Waals surface area (Å²) in [6.07, 6.45) is 3.74. The molecule has 1 N–H and O–H groups in total. The second-order valence-corrected chi connectivity index (χ2v) is 10.6. The molecular formula is C31H34N4O6. The maximum absolute atomic E-state index is 13.4. The molecule has 41 heavy (non-hydrogen) atoms. The van der Waals surface area contributed by atoms with Gasteiger partial charge in [0.2, 0.25) is 5.91 Å². The summed E-state index contributed by atoms with van der Waals surface area (Å²) in [5.74, 6) is 1.45. The first-order chi connectivity index (χ1) is 20.0. The summed E-state index contributed by atoms with van der Waals surface area (Å²) in [5.41, 5.74) is 3.72. The molecule has 214 valence electrons. The summed E-state index contributed by atoms with van der Waals surface area (Å²) in [7, 11) is 1.56. The standard InChI is InChI=1S/C31H34N4O6/c1-38-10-8-35-19-30(36)33-27-17-34(16-21-5-6-28-23(11-21)7-9-39-28)18-29(27)40-20-22-3-2-4-25(12-22)41-26-13-24(31(35)37)14-32-15-26/h2-6,11-15,27,29H,7-10,16-20H2,1H3,(H,33,36)/t27-,29-/m0/s1. The van der Waals surface area contributed by atoms with Crippen LogP contribution < -0.4 is 14.8 Å². The van der Waals surface area contributed by atoms with E-state index in [0.29, 0.717) is 43.4 Å². The van der Waals surface area contributed by atoms with Crippen molar-refractivity contribution < 1.29 is 28.5 Å². The number of benzene rings is 2. The van der Waals surface area contributed by atoms with E-state index in [-0.39, 0.29) is 37.0 Å². The zero-order valence-corrected chi connectivity index (χ0v) is 23.1. The number of hydrogen-bond acceptors (Lipinski definition) is 8. The maximum atomic E-state index is 13.4. The zero-order valence-electron chi connectivity index (χ0n) is 23.1. The van der Waals surface area contributed by atoms with Gasteiger partial charge in [0, 0.05) is 45.9 Å². The number of nitrogens with one attached hydrogen (secondary N) is 1. The van der Waals surface area contributed by atoms with Crippen LogP contribution in [0, 0.1) is 0 Å². The molecule has 0 saturated carbocycles. The third-order valence-electron chi connectivity index (χ3n) is 7.59. The van der Waals surface area contributed by atoms with Gasteiger partial charge in [-0.05, 0) is 41.0 Å². The van der Waals surface area contributed by atoms with Gasteiger partial charge in [0.15, 0.2) is 0 Å². The van der Waals surface area contributed by atoms with E-state index in [9.17, 15) is 9.59 Å². The number of carbonyl (C=O) groups is 2. The quantitative estimate of drug-likeness (QED) is 0.510. The molecule has 0 spiro atoms. The van der Waals surface area contributed by atoms with Crippen molar-refractivity contribution in [2.75, 3.05) is 46.5 Å². The summed E-state index contributed by atoms with van der Waals surface area (Å²) < 4.78 is 23.3. The monoisotopic (exact) mass is 558 g/mol. The molecule has 2 atom stereocenters. The van der Waals surface area contributed by atoms with Crippen molar-refractivity contribution in [3.63, 3.8) is 0 Å². The Morgan fingerprint density at radius 3 is 2.90 bits per heavy atom. The molecule has 0 radical (unpaired) electrons. The fourth-order valence-electron chi connectivity index (χ4n) is 5.58. The normalized spacial score (nSPS) is 21.0. The largest absolute Gasteiger partial charge is 0.493 e. The fraction of sp³-hybridized carbons (Fsp3) is 0.387. The van der Waals surface area contributed by atoms with Crippen LogP contribution in [0.3, 0.4) is 0 Å². The Bertz CT molecular complexity index is 1410. The molecule has 1 aromatic heterocycles. The number of amides is 2. The second kappa shape index (κ2) is 12.3. The number of fused-ring (bicyclic) bond motifs is 6. The van der Waals surface area contributed by atoms with Gasteiger partial charge in [0.25, 0.3) is 5.91 Å². The van der Waals surface area contributed by atoms with Crippen LogP contribution >= 0.6 is 0 Å². The highest BCUT2D eigenvalue weighted by Crippen LogP contribution is 2.28. The number of nitrogens with zero attached hydrogens (tertiary/aromatic N) is 3. The van der Waals surface area contributed by atoms with Crippen molar-refractivity contribution in [1.82, 2.24) is 20.1 Å². The minimum Gasteiger partial charge on any atom is -0.493 e. The summed E-state index contributed by atoms with van der Waals surface area (Å²) in [5, 5.41) is 3.16. The van der Waals surface area contributed by atoms with Crippen LogP contribution in [0.1, 0.15) is 27.0 Å². The lowest BCUT2D eigenvalue weighted by atomic mass is 10.1. The molecule has 4 bridgehead atoms. The van der Waals surface area contributed by atoms with E-state index in [1.807, 2.05) is 30.3 Å². The molecule has 3 aromatic rings. The smallest absolute Gasteiger partial charge is 0.256 e. The highest BCUT2D eigenvalue weighted by atomic mass is 16.5. The number of rotatable bonds is 5. The van der Waals surface area contributed by atoms with Gasteiger partial charge in [-0.3, -0.25) is 19.5 Å². The number of methoxy groups -OCH3 is 1. The van der Waals surface area contributed by atoms with Crippen LogP contribution in [0.15, 0.2) is 60.9 Å². The highest BCUT2D eigenvalue weighted by molar-refractivity contribution is 5.96. The highest BCUT2D eigenvalue weighted by Gasteiger charge is 2.35. The van der Waals surface area contributed by atoms with E-state index in [1.165, 1.54) is 22.2 Å². The third kappa shape index (κ3) is 6.51. The van der Waals surface area contributed by atoms with Gasteiger partial charge in [-0.15, -0.1) is 0 Å².